The fourth-order valence-corrected chi connectivity index (χ4v) is 2.12. The number of pyridine rings is 1. The number of rotatable bonds is 5. The molecule has 0 bridgehead atoms. The first-order valence-electron chi connectivity index (χ1n) is 5.88. The van der Waals surface area contributed by atoms with Gasteiger partial charge in [-0.1, -0.05) is 19.9 Å². The fraction of sp³-hybridized carbons (Fsp3) is 0.385. The summed E-state index contributed by atoms with van der Waals surface area (Å²) in [6.07, 6.45) is 5.49. The van der Waals surface area contributed by atoms with Gasteiger partial charge in [0.15, 0.2) is 0 Å². The Labute approximate surface area is 115 Å². The highest BCUT2D eigenvalue weighted by Crippen LogP contribution is 2.21. The molecule has 5 heteroatoms. The second-order valence-electron chi connectivity index (χ2n) is 4.93. The zero-order valence-corrected chi connectivity index (χ0v) is 12.2. The van der Waals surface area contributed by atoms with Gasteiger partial charge in [-0.15, -0.1) is 0 Å². The van der Waals surface area contributed by atoms with Crippen LogP contribution in [0.2, 0.25) is 0 Å². The van der Waals surface area contributed by atoms with Gasteiger partial charge in [0.1, 0.15) is 0 Å². The van der Waals surface area contributed by atoms with Crippen LogP contribution in [0.1, 0.15) is 25.1 Å². The predicted octanol–water partition coefficient (Wildman–Crippen LogP) is 2.63. The number of aromatic amines is 1. The van der Waals surface area contributed by atoms with Crippen molar-refractivity contribution in [2.45, 2.75) is 25.8 Å². The largest absolute Gasteiger partial charge is 0.310 e. The van der Waals surface area contributed by atoms with Crippen LogP contribution < -0.4 is 5.32 Å². The van der Waals surface area contributed by atoms with Crippen molar-refractivity contribution >= 4 is 15.9 Å². The Hall–Kier alpha value is -1.20. The van der Waals surface area contributed by atoms with E-state index in [0.717, 1.165) is 23.3 Å². The Bertz CT molecular complexity index is 493. The van der Waals surface area contributed by atoms with Crippen molar-refractivity contribution in [3.05, 3.63) is 46.5 Å². The van der Waals surface area contributed by atoms with E-state index in [0.29, 0.717) is 0 Å². The fourth-order valence-electron chi connectivity index (χ4n) is 1.79. The number of halogens is 1. The molecule has 0 spiro atoms. The molecule has 2 rings (SSSR count). The highest BCUT2D eigenvalue weighted by molar-refractivity contribution is 9.10. The summed E-state index contributed by atoms with van der Waals surface area (Å²) in [5.74, 6) is 0. The highest BCUT2D eigenvalue weighted by Gasteiger charge is 2.20. The summed E-state index contributed by atoms with van der Waals surface area (Å²) in [5, 5.41) is 10.4. The van der Waals surface area contributed by atoms with E-state index in [-0.39, 0.29) is 5.41 Å². The SMILES string of the molecule is CC(C)(CNCc1[nH]ncc1Br)c1cccnc1. The Kier molecular flexibility index (Phi) is 4.14. The van der Waals surface area contributed by atoms with E-state index >= 15 is 0 Å². The van der Waals surface area contributed by atoms with Crippen LogP contribution in [0.3, 0.4) is 0 Å². The number of hydrogen-bond acceptors (Lipinski definition) is 3. The van der Waals surface area contributed by atoms with E-state index < -0.39 is 0 Å². The van der Waals surface area contributed by atoms with Crippen molar-refractivity contribution in [2.24, 2.45) is 0 Å². The molecule has 0 saturated heterocycles. The van der Waals surface area contributed by atoms with Gasteiger partial charge < -0.3 is 5.32 Å². The van der Waals surface area contributed by atoms with Crippen LogP contribution in [0, 0.1) is 0 Å². The maximum Gasteiger partial charge on any atom is 0.0633 e. The summed E-state index contributed by atoms with van der Waals surface area (Å²) in [6.45, 7) is 6.06. The molecule has 2 N–H and O–H groups in total. The van der Waals surface area contributed by atoms with E-state index in [4.69, 9.17) is 0 Å². The molecule has 0 atom stereocenters. The Morgan fingerprint density at radius 1 is 1.39 bits per heavy atom. The second-order valence-corrected chi connectivity index (χ2v) is 5.78. The molecule has 0 aliphatic carbocycles. The third-order valence-electron chi connectivity index (χ3n) is 2.98. The van der Waals surface area contributed by atoms with E-state index in [1.54, 1.807) is 12.4 Å². The zero-order valence-electron chi connectivity index (χ0n) is 10.6. The molecule has 18 heavy (non-hydrogen) atoms. The summed E-state index contributed by atoms with van der Waals surface area (Å²) in [7, 11) is 0. The Morgan fingerprint density at radius 2 is 2.22 bits per heavy atom. The number of H-pyrrole nitrogens is 1. The lowest BCUT2D eigenvalue weighted by atomic mass is 9.86. The maximum atomic E-state index is 4.17. The molecule has 0 amide bonds. The Balaban J connectivity index is 1.92. The molecule has 2 aromatic heterocycles. The van der Waals surface area contributed by atoms with Gasteiger partial charge in [-0.05, 0) is 27.6 Å². The Morgan fingerprint density at radius 3 is 2.83 bits per heavy atom. The standard InChI is InChI=1S/C13H17BrN4/c1-13(2,10-4-3-5-15-6-10)9-16-8-12-11(14)7-17-18-12/h3-7,16H,8-9H2,1-2H3,(H,17,18). The van der Waals surface area contributed by atoms with Gasteiger partial charge in [0.25, 0.3) is 0 Å². The van der Waals surface area contributed by atoms with Gasteiger partial charge in [0.05, 0.1) is 16.4 Å². The average molecular weight is 309 g/mol. The smallest absolute Gasteiger partial charge is 0.0633 e. The molecule has 0 aliphatic rings. The molecular formula is C13H17BrN4. The highest BCUT2D eigenvalue weighted by atomic mass is 79.9. The maximum absolute atomic E-state index is 4.17. The molecule has 2 aromatic rings. The topological polar surface area (TPSA) is 53.6 Å². The molecule has 4 nitrogen and oxygen atoms in total. The molecule has 0 fully saturated rings. The monoisotopic (exact) mass is 308 g/mol. The summed E-state index contributed by atoms with van der Waals surface area (Å²) in [4.78, 5) is 4.17. The van der Waals surface area contributed by atoms with E-state index in [1.807, 2.05) is 12.3 Å². The zero-order chi connectivity index (χ0) is 13.0. The number of nitrogens with one attached hydrogen (secondary N) is 2. The molecule has 0 aromatic carbocycles. The lowest BCUT2D eigenvalue weighted by Gasteiger charge is -2.25. The first kappa shape index (κ1) is 13.2. The predicted molar refractivity (Wildman–Crippen MR) is 75.3 cm³/mol. The summed E-state index contributed by atoms with van der Waals surface area (Å²) >= 11 is 3.45. The third-order valence-corrected chi connectivity index (χ3v) is 3.66. The van der Waals surface area contributed by atoms with Gasteiger partial charge in [0.2, 0.25) is 0 Å². The van der Waals surface area contributed by atoms with Crippen molar-refractivity contribution < 1.29 is 0 Å². The minimum atomic E-state index is 0.0563. The quantitative estimate of drug-likeness (QED) is 0.893. The first-order valence-corrected chi connectivity index (χ1v) is 6.68. The van der Waals surface area contributed by atoms with Gasteiger partial charge in [-0.2, -0.15) is 5.10 Å². The molecule has 0 unspecified atom stereocenters. The molecule has 96 valence electrons. The van der Waals surface area contributed by atoms with Crippen LogP contribution in [-0.4, -0.2) is 21.7 Å². The van der Waals surface area contributed by atoms with E-state index in [2.05, 4.69) is 56.3 Å². The minimum Gasteiger partial charge on any atom is -0.310 e. The third kappa shape index (κ3) is 3.17. The molecule has 0 radical (unpaired) electrons. The molecular weight excluding hydrogens is 292 g/mol. The lowest BCUT2D eigenvalue weighted by Crippen LogP contribution is -2.32. The van der Waals surface area contributed by atoms with Crippen LogP contribution in [-0.2, 0) is 12.0 Å². The normalized spacial score (nSPS) is 11.7. The van der Waals surface area contributed by atoms with Crippen molar-refractivity contribution in [3.8, 4) is 0 Å². The van der Waals surface area contributed by atoms with E-state index in [9.17, 15) is 0 Å². The van der Waals surface area contributed by atoms with E-state index in [1.165, 1.54) is 5.56 Å². The van der Waals surface area contributed by atoms with Crippen molar-refractivity contribution in [1.82, 2.24) is 20.5 Å². The lowest BCUT2D eigenvalue weighted by molar-refractivity contribution is 0.465. The number of hydrogen-bond donors (Lipinski definition) is 2. The van der Waals surface area contributed by atoms with Crippen molar-refractivity contribution in [1.29, 1.82) is 0 Å². The van der Waals surface area contributed by atoms with Gasteiger partial charge in [-0.3, -0.25) is 10.1 Å². The molecule has 2 heterocycles. The number of aromatic nitrogens is 3. The van der Waals surface area contributed by atoms with Gasteiger partial charge in [-0.25, -0.2) is 0 Å². The summed E-state index contributed by atoms with van der Waals surface area (Å²) < 4.78 is 1.01. The van der Waals surface area contributed by atoms with Crippen LogP contribution in [0.4, 0.5) is 0 Å². The second kappa shape index (κ2) is 5.63. The van der Waals surface area contributed by atoms with Crippen molar-refractivity contribution in [3.63, 3.8) is 0 Å². The average Bonchev–Trinajstić information content (AvgIpc) is 2.76. The van der Waals surface area contributed by atoms with Crippen LogP contribution >= 0.6 is 15.9 Å². The minimum absolute atomic E-state index is 0.0563. The summed E-state index contributed by atoms with van der Waals surface area (Å²) in [5.41, 5.74) is 2.36. The number of nitrogens with zero attached hydrogens (tertiary/aromatic N) is 2. The van der Waals surface area contributed by atoms with Crippen molar-refractivity contribution in [2.75, 3.05) is 6.54 Å². The van der Waals surface area contributed by atoms with Gasteiger partial charge in [0, 0.05) is 30.9 Å². The molecule has 0 saturated carbocycles. The van der Waals surface area contributed by atoms with Gasteiger partial charge >= 0.3 is 0 Å². The van der Waals surface area contributed by atoms with Crippen LogP contribution in [0.25, 0.3) is 0 Å². The summed E-state index contributed by atoms with van der Waals surface area (Å²) in [6, 6.07) is 4.09. The first-order chi connectivity index (χ1) is 8.59. The molecule has 0 aliphatic heterocycles. The van der Waals surface area contributed by atoms with Crippen LogP contribution in [0.15, 0.2) is 35.2 Å². The van der Waals surface area contributed by atoms with Crippen LogP contribution in [0.5, 0.6) is 0 Å².